The van der Waals surface area contributed by atoms with E-state index in [1.54, 1.807) is 24.6 Å². The molecule has 0 radical (unpaired) electrons. The molecule has 1 aliphatic carbocycles. The first-order valence-corrected chi connectivity index (χ1v) is 9.96. The van der Waals surface area contributed by atoms with Crippen LogP contribution < -0.4 is 10.6 Å². The fraction of sp³-hybridized carbons (Fsp3) is 0.350. The lowest BCUT2D eigenvalue weighted by molar-refractivity contribution is 0.190. The van der Waals surface area contributed by atoms with Crippen molar-refractivity contribution >= 4 is 28.1 Å². The molecule has 1 atom stereocenters. The van der Waals surface area contributed by atoms with Gasteiger partial charge in [0.1, 0.15) is 0 Å². The summed E-state index contributed by atoms with van der Waals surface area (Å²) in [4.78, 5) is 15.1. The summed E-state index contributed by atoms with van der Waals surface area (Å²) in [5.74, 6) is 1.14. The van der Waals surface area contributed by atoms with Gasteiger partial charge in [-0.2, -0.15) is 0 Å². The third-order valence-electron chi connectivity index (χ3n) is 4.32. The van der Waals surface area contributed by atoms with Crippen LogP contribution in [0.3, 0.4) is 0 Å². The number of rotatable bonds is 8. The van der Waals surface area contributed by atoms with Crippen LogP contribution in [0.15, 0.2) is 42.6 Å². The molecule has 0 bridgehead atoms. The van der Waals surface area contributed by atoms with Crippen LogP contribution in [0.2, 0.25) is 0 Å². The summed E-state index contributed by atoms with van der Waals surface area (Å²) in [6.07, 6.45) is 4.19. The zero-order valence-corrected chi connectivity index (χ0v) is 16.3. The van der Waals surface area contributed by atoms with Gasteiger partial charge in [-0.25, -0.2) is 15.0 Å². The highest BCUT2D eigenvalue weighted by Crippen LogP contribution is 2.47. The Kier molecular flexibility index (Phi) is 5.31. The molecule has 7 heteroatoms. The Morgan fingerprint density at radius 2 is 2.00 bits per heavy atom. The molecule has 1 unspecified atom stereocenters. The number of methoxy groups -OCH3 is 1. The van der Waals surface area contributed by atoms with Gasteiger partial charge in [0.2, 0.25) is 5.95 Å². The van der Waals surface area contributed by atoms with E-state index in [4.69, 9.17) is 14.7 Å². The maximum atomic E-state index is 5.22. The molecule has 0 amide bonds. The largest absolute Gasteiger partial charge is 0.383 e. The van der Waals surface area contributed by atoms with Crippen LogP contribution in [-0.4, -0.2) is 34.7 Å². The number of benzene rings is 1. The summed E-state index contributed by atoms with van der Waals surface area (Å²) in [5, 5.41) is 7.62. The molecule has 0 spiro atoms. The van der Waals surface area contributed by atoms with E-state index < -0.39 is 0 Å². The molecular formula is C20H23N5OS. The molecule has 0 saturated heterocycles. The molecule has 6 nitrogen and oxygen atoms in total. The molecule has 27 heavy (non-hydrogen) atoms. The number of thiazole rings is 1. The molecule has 1 fully saturated rings. The Labute approximate surface area is 163 Å². The molecule has 3 aromatic rings. The van der Waals surface area contributed by atoms with Crippen molar-refractivity contribution in [1.82, 2.24) is 15.0 Å². The van der Waals surface area contributed by atoms with Gasteiger partial charge in [0, 0.05) is 31.0 Å². The summed E-state index contributed by atoms with van der Waals surface area (Å²) < 4.78 is 5.22. The minimum atomic E-state index is 0.210. The van der Waals surface area contributed by atoms with Gasteiger partial charge < -0.3 is 15.4 Å². The maximum Gasteiger partial charge on any atom is 0.227 e. The quantitative estimate of drug-likeness (QED) is 0.591. The molecule has 2 aromatic heterocycles. The lowest BCUT2D eigenvalue weighted by atomic mass is 10.2. The van der Waals surface area contributed by atoms with Crippen LogP contribution >= 0.6 is 11.3 Å². The zero-order chi connectivity index (χ0) is 18.6. The van der Waals surface area contributed by atoms with Gasteiger partial charge in [-0.15, -0.1) is 0 Å². The summed E-state index contributed by atoms with van der Waals surface area (Å²) >= 11 is 1.65. The minimum Gasteiger partial charge on any atom is -0.383 e. The van der Waals surface area contributed by atoms with Gasteiger partial charge >= 0.3 is 0 Å². The number of nitrogens with zero attached hydrogens (tertiary/aromatic N) is 3. The van der Waals surface area contributed by atoms with Crippen LogP contribution in [0.25, 0.3) is 10.6 Å². The Balaban J connectivity index is 1.60. The van der Waals surface area contributed by atoms with Crippen molar-refractivity contribution in [3.05, 3.63) is 48.3 Å². The van der Waals surface area contributed by atoms with Crippen LogP contribution in [0.1, 0.15) is 31.4 Å². The Morgan fingerprint density at radius 1 is 1.19 bits per heavy atom. The lowest BCUT2D eigenvalue weighted by Gasteiger charge is -2.10. The summed E-state index contributed by atoms with van der Waals surface area (Å²) in [6.45, 7) is 2.74. The third-order valence-corrected chi connectivity index (χ3v) is 5.35. The van der Waals surface area contributed by atoms with Gasteiger partial charge in [0.25, 0.3) is 0 Å². The zero-order valence-electron chi connectivity index (χ0n) is 15.5. The van der Waals surface area contributed by atoms with Crippen LogP contribution in [-0.2, 0) is 4.74 Å². The van der Waals surface area contributed by atoms with Gasteiger partial charge in [0.15, 0.2) is 5.13 Å². The Bertz CT molecular complexity index is 894. The summed E-state index contributed by atoms with van der Waals surface area (Å²) in [6, 6.07) is 12.1. The molecule has 140 valence electrons. The average Bonchev–Trinajstić information content (AvgIpc) is 3.43. The van der Waals surface area contributed by atoms with Crippen molar-refractivity contribution in [3.8, 4) is 10.6 Å². The van der Waals surface area contributed by atoms with Crippen molar-refractivity contribution in [2.24, 2.45) is 0 Å². The number of anilines is 3. The lowest BCUT2D eigenvalue weighted by Crippen LogP contribution is -2.20. The molecule has 0 aliphatic heterocycles. The number of ether oxygens (including phenoxy) is 1. The fourth-order valence-electron chi connectivity index (χ4n) is 2.91. The number of nitrogens with one attached hydrogen (secondary N) is 2. The molecule has 1 aliphatic rings. The van der Waals surface area contributed by atoms with Crippen molar-refractivity contribution < 1.29 is 4.74 Å². The SMILES string of the molecule is COCC(C)Nc1nc(C2CC2)c(-c2ccnc(Nc3ccccc3)n2)s1. The second kappa shape index (κ2) is 8.02. The standard InChI is InChI=1S/C20H23N5OS/c1-13(12-26-2)22-20-25-17(14-8-9-14)18(27-20)16-10-11-21-19(24-16)23-15-6-4-3-5-7-15/h3-7,10-11,13-14H,8-9,12H2,1-2H3,(H,22,25)(H,21,23,24). The second-order valence-electron chi connectivity index (χ2n) is 6.76. The Morgan fingerprint density at radius 3 is 2.74 bits per heavy atom. The van der Waals surface area contributed by atoms with E-state index in [0.717, 1.165) is 27.1 Å². The molecule has 1 saturated carbocycles. The van der Waals surface area contributed by atoms with Gasteiger partial charge in [-0.1, -0.05) is 29.5 Å². The number of hydrogen-bond acceptors (Lipinski definition) is 7. The first-order chi connectivity index (χ1) is 13.2. The van der Waals surface area contributed by atoms with Gasteiger partial charge in [-0.05, 0) is 38.0 Å². The van der Waals surface area contributed by atoms with Gasteiger partial charge in [-0.3, -0.25) is 0 Å². The third kappa shape index (κ3) is 4.43. The van der Waals surface area contributed by atoms with Crippen LogP contribution in [0, 0.1) is 0 Å². The van der Waals surface area contributed by atoms with E-state index in [-0.39, 0.29) is 6.04 Å². The van der Waals surface area contributed by atoms with Crippen LogP contribution in [0.4, 0.5) is 16.8 Å². The van der Waals surface area contributed by atoms with E-state index in [1.165, 1.54) is 12.8 Å². The summed E-state index contributed by atoms with van der Waals surface area (Å²) in [5.41, 5.74) is 3.03. The normalized spacial score (nSPS) is 14.7. The Hall–Kier alpha value is -2.51. The monoisotopic (exact) mass is 381 g/mol. The van der Waals surface area contributed by atoms with E-state index in [0.29, 0.717) is 18.5 Å². The highest BCUT2D eigenvalue weighted by Gasteiger charge is 2.31. The molecule has 4 rings (SSSR count). The van der Waals surface area contributed by atoms with Crippen molar-refractivity contribution in [1.29, 1.82) is 0 Å². The number of para-hydroxylation sites is 1. The highest BCUT2D eigenvalue weighted by atomic mass is 32.1. The minimum absolute atomic E-state index is 0.210. The number of hydrogen-bond donors (Lipinski definition) is 2. The molecule has 2 N–H and O–H groups in total. The molecule has 1 aromatic carbocycles. The van der Waals surface area contributed by atoms with E-state index in [9.17, 15) is 0 Å². The highest BCUT2D eigenvalue weighted by molar-refractivity contribution is 7.19. The first-order valence-electron chi connectivity index (χ1n) is 9.14. The smallest absolute Gasteiger partial charge is 0.227 e. The molecule has 2 heterocycles. The number of aromatic nitrogens is 3. The maximum absolute atomic E-state index is 5.22. The van der Waals surface area contributed by atoms with E-state index in [2.05, 4.69) is 22.5 Å². The average molecular weight is 382 g/mol. The predicted molar refractivity (Wildman–Crippen MR) is 110 cm³/mol. The van der Waals surface area contributed by atoms with Crippen molar-refractivity contribution in [2.75, 3.05) is 24.4 Å². The van der Waals surface area contributed by atoms with Gasteiger partial charge in [0.05, 0.1) is 22.9 Å². The van der Waals surface area contributed by atoms with Crippen LogP contribution in [0.5, 0.6) is 0 Å². The molecular weight excluding hydrogens is 358 g/mol. The second-order valence-corrected chi connectivity index (χ2v) is 7.76. The van der Waals surface area contributed by atoms with E-state index >= 15 is 0 Å². The first kappa shape index (κ1) is 17.9. The fourth-order valence-corrected chi connectivity index (χ4v) is 4.04. The summed E-state index contributed by atoms with van der Waals surface area (Å²) in [7, 11) is 1.71. The predicted octanol–water partition coefficient (Wildman–Crippen LogP) is 4.67. The topological polar surface area (TPSA) is 72.0 Å². The van der Waals surface area contributed by atoms with E-state index in [1.807, 2.05) is 36.4 Å². The van der Waals surface area contributed by atoms with Crippen molar-refractivity contribution in [3.63, 3.8) is 0 Å². The van der Waals surface area contributed by atoms with Crippen molar-refractivity contribution in [2.45, 2.75) is 31.7 Å².